The predicted molar refractivity (Wildman–Crippen MR) is 50.2 cm³/mol. The van der Waals surface area contributed by atoms with Crippen LogP contribution in [0.15, 0.2) is 29.3 Å². The summed E-state index contributed by atoms with van der Waals surface area (Å²) in [5.41, 5.74) is 0.674. The first kappa shape index (κ1) is 11.6. The molecule has 0 saturated carbocycles. The minimum atomic E-state index is -4.47. The van der Waals surface area contributed by atoms with Crippen molar-refractivity contribution in [3.8, 4) is 5.75 Å². The van der Waals surface area contributed by atoms with E-state index in [1.54, 1.807) is 24.3 Å². The fourth-order valence-electron chi connectivity index (χ4n) is 0.951. The second-order valence-electron chi connectivity index (χ2n) is 2.77. The summed E-state index contributed by atoms with van der Waals surface area (Å²) >= 11 is 0. The summed E-state index contributed by atoms with van der Waals surface area (Å²) in [7, 11) is 1.52. The van der Waals surface area contributed by atoms with Gasteiger partial charge in [-0.25, -0.2) is 0 Å². The molecule has 1 aromatic rings. The van der Waals surface area contributed by atoms with Crippen molar-refractivity contribution in [3.63, 3.8) is 0 Å². The summed E-state index contributed by atoms with van der Waals surface area (Å²) in [6, 6.07) is 6.64. The largest absolute Gasteiger partial charge is 0.497 e. The Hall–Kier alpha value is -1.52. The molecule has 1 radical (unpaired) electrons. The lowest BCUT2D eigenvalue weighted by Crippen LogP contribution is -2.08. The molecule has 0 aromatic heterocycles. The Morgan fingerprint density at radius 1 is 1.27 bits per heavy atom. The van der Waals surface area contributed by atoms with Gasteiger partial charge in [0.2, 0.25) is 0 Å². The van der Waals surface area contributed by atoms with Gasteiger partial charge in [0.15, 0.2) is 6.21 Å². The number of benzene rings is 1. The zero-order valence-electron chi connectivity index (χ0n) is 8.01. The third-order valence-corrected chi connectivity index (χ3v) is 1.63. The van der Waals surface area contributed by atoms with E-state index in [1.165, 1.54) is 7.11 Å². The normalized spacial score (nSPS) is 12.0. The number of ether oxygens (including phenoxy) is 1. The van der Waals surface area contributed by atoms with Crippen LogP contribution in [-0.2, 0) is 6.54 Å². The van der Waals surface area contributed by atoms with Crippen LogP contribution < -0.4 is 4.74 Å². The van der Waals surface area contributed by atoms with Crippen molar-refractivity contribution in [2.45, 2.75) is 12.7 Å². The van der Waals surface area contributed by atoms with Crippen molar-refractivity contribution < 1.29 is 17.9 Å². The first-order valence-electron chi connectivity index (χ1n) is 4.14. The van der Waals surface area contributed by atoms with Crippen LogP contribution in [0, 0.1) is 0 Å². The molecule has 15 heavy (non-hydrogen) atoms. The van der Waals surface area contributed by atoms with Gasteiger partial charge in [0, 0.05) is 0 Å². The fourth-order valence-corrected chi connectivity index (χ4v) is 0.951. The lowest BCUT2D eigenvalue weighted by Gasteiger charge is -2.00. The van der Waals surface area contributed by atoms with Gasteiger partial charge in [0.05, 0.1) is 13.7 Å². The van der Waals surface area contributed by atoms with E-state index < -0.39 is 6.18 Å². The van der Waals surface area contributed by atoms with E-state index in [0.717, 1.165) is 6.21 Å². The van der Waals surface area contributed by atoms with Crippen molar-refractivity contribution in [1.82, 2.24) is 0 Å². The molecule has 81 valence electrons. The van der Waals surface area contributed by atoms with E-state index in [2.05, 4.69) is 4.99 Å². The maximum atomic E-state index is 11.7. The lowest BCUT2D eigenvalue weighted by molar-refractivity contribution is -0.0537. The van der Waals surface area contributed by atoms with Crippen LogP contribution in [0.1, 0.15) is 5.56 Å². The van der Waals surface area contributed by atoms with Crippen molar-refractivity contribution in [3.05, 3.63) is 29.8 Å². The molecule has 1 aromatic carbocycles. The lowest BCUT2D eigenvalue weighted by atomic mass is 10.2. The molecule has 0 spiro atoms. The highest BCUT2D eigenvalue weighted by Crippen LogP contribution is 2.13. The zero-order valence-corrected chi connectivity index (χ0v) is 8.01. The number of hydrogen-bond donors (Lipinski definition) is 0. The molecular weight excluding hydrogens is 207 g/mol. The second-order valence-corrected chi connectivity index (χ2v) is 2.77. The number of halogens is 3. The number of nitrogens with zero attached hydrogens (tertiary/aromatic N) is 1. The summed E-state index contributed by atoms with van der Waals surface area (Å²) in [6.45, 7) is -0.0382. The number of methoxy groups -OCH3 is 1. The fraction of sp³-hybridized carbons (Fsp3) is 0.300. The molecule has 0 aliphatic rings. The van der Waals surface area contributed by atoms with Crippen LogP contribution in [0.25, 0.3) is 0 Å². The van der Waals surface area contributed by atoms with Crippen molar-refractivity contribution >= 4 is 6.21 Å². The SMILES string of the molecule is COc1ccc(C/N=[C]/C(F)(F)F)cc1. The minimum Gasteiger partial charge on any atom is -0.497 e. The van der Waals surface area contributed by atoms with Gasteiger partial charge in [0.25, 0.3) is 0 Å². The molecule has 0 saturated heterocycles. The third-order valence-electron chi connectivity index (χ3n) is 1.63. The van der Waals surface area contributed by atoms with Gasteiger partial charge in [-0.15, -0.1) is 0 Å². The van der Waals surface area contributed by atoms with Gasteiger partial charge in [0.1, 0.15) is 5.75 Å². The minimum absolute atomic E-state index is 0.0382. The first-order valence-corrected chi connectivity index (χ1v) is 4.14. The zero-order chi connectivity index (χ0) is 11.3. The molecule has 0 unspecified atom stereocenters. The van der Waals surface area contributed by atoms with Crippen molar-refractivity contribution in [2.75, 3.05) is 7.11 Å². The summed E-state index contributed by atoms with van der Waals surface area (Å²) < 4.78 is 39.9. The van der Waals surface area contributed by atoms with Gasteiger partial charge in [-0.1, -0.05) is 12.1 Å². The average molecular weight is 216 g/mol. The third kappa shape index (κ3) is 4.49. The van der Waals surface area contributed by atoms with E-state index in [9.17, 15) is 13.2 Å². The Balaban J connectivity index is 2.55. The molecule has 0 atom stereocenters. The van der Waals surface area contributed by atoms with Crippen LogP contribution >= 0.6 is 0 Å². The van der Waals surface area contributed by atoms with Crippen LogP contribution in [-0.4, -0.2) is 19.5 Å². The van der Waals surface area contributed by atoms with Gasteiger partial charge in [-0.3, -0.25) is 4.99 Å². The number of aliphatic imine (C=N–C) groups is 1. The van der Waals surface area contributed by atoms with Crippen molar-refractivity contribution in [2.24, 2.45) is 4.99 Å². The van der Waals surface area contributed by atoms with Crippen LogP contribution in [0.2, 0.25) is 0 Å². The van der Waals surface area contributed by atoms with E-state index in [0.29, 0.717) is 11.3 Å². The summed E-state index contributed by atoms with van der Waals surface area (Å²) in [4.78, 5) is 3.15. The smallest absolute Gasteiger partial charge is 0.435 e. The molecule has 0 fully saturated rings. The summed E-state index contributed by atoms with van der Waals surface area (Å²) in [5, 5.41) is 0. The average Bonchev–Trinajstić information content (AvgIpc) is 2.17. The van der Waals surface area contributed by atoms with Crippen LogP contribution in [0.3, 0.4) is 0 Å². The highest BCUT2D eigenvalue weighted by atomic mass is 19.4. The number of hydrogen-bond acceptors (Lipinski definition) is 2. The molecule has 0 aliphatic carbocycles. The molecule has 0 aliphatic heterocycles. The van der Waals surface area contributed by atoms with Gasteiger partial charge in [-0.2, -0.15) is 13.2 Å². The van der Waals surface area contributed by atoms with Gasteiger partial charge >= 0.3 is 6.18 Å². The van der Waals surface area contributed by atoms with Gasteiger partial charge in [-0.05, 0) is 17.7 Å². The molecule has 0 N–H and O–H groups in total. The second kappa shape index (κ2) is 4.82. The van der Waals surface area contributed by atoms with E-state index in [4.69, 9.17) is 4.74 Å². The van der Waals surface area contributed by atoms with Gasteiger partial charge < -0.3 is 4.74 Å². The molecule has 1 rings (SSSR count). The van der Waals surface area contributed by atoms with E-state index >= 15 is 0 Å². The Morgan fingerprint density at radius 3 is 2.33 bits per heavy atom. The molecule has 2 nitrogen and oxygen atoms in total. The van der Waals surface area contributed by atoms with Crippen molar-refractivity contribution in [1.29, 1.82) is 0 Å². The standard InChI is InChI=1S/C10H9F3NO/c1-15-9-4-2-8(3-5-9)6-14-7-10(11,12)13/h2-5H,6H2,1H3. The molecule has 0 bridgehead atoms. The van der Waals surface area contributed by atoms with E-state index in [-0.39, 0.29) is 6.54 Å². The highest BCUT2D eigenvalue weighted by molar-refractivity contribution is 5.63. The molecule has 5 heteroatoms. The topological polar surface area (TPSA) is 21.6 Å². The highest BCUT2D eigenvalue weighted by Gasteiger charge is 2.24. The summed E-state index contributed by atoms with van der Waals surface area (Å²) in [5.74, 6) is 0.655. The Morgan fingerprint density at radius 2 is 1.87 bits per heavy atom. The Bertz CT molecular complexity index is 330. The van der Waals surface area contributed by atoms with Crippen LogP contribution in [0.4, 0.5) is 13.2 Å². The molecule has 0 amide bonds. The predicted octanol–water partition coefficient (Wildman–Crippen LogP) is 2.71. The quantitative estimate of drug-likeness (QED) is 0.712. The number of rotatable bonds is 3. The molecule has 0 heterocycles. The number of alkyl halides is 3. The maximum Gasteiger partial charge on any atom is 0.435 e. The van der Waals surface area contributed by atoms with E-state index in [1.807, 2.05) is 0 Å². The summed E-state index contributed by atoms with van der Waals surface area (Å²) in [6.07, 6.45) is -3.37. The van der Waals surface area contributed by atoms with Crippen LogP contribution in [0.5, 0.6) is 5.75 Å². The monoisotopic (exact) mass is 216 g/mol. The maximum absolute atomic E-state index is 11.7. The molecular formula is C10H9F3NO. The Kier molecular flexibility index (Phi) is 3.71. The first-order chi connectivity index (χ1) is 7.01. The Labute approximate surface area is 85.4 Å².